The molecule has 0 radical (unpaired) electrons. The van der Waals surface area contributed by atoms with Crippen molar-refractivity contribution in [2.75, 3.05) is 13.7 Å². The lowest BCUT2D eigenvalue weighted by molar-refractivity contribution is -0.144. The van der Waals surface area contributed by atoms with Crippen LogP contribution in [0.15, 0.2) is 0 Å². The first-order chi connectivity index (χ1) is 6.85. The van der Waals surface area contributed by atoms with Gasteiger partial charge >= 0.3 is 5.97 Å². The van der Waals surface area contributed by atoms with E-state index >= 15 is 0 Å². The Balaban J connectivity index is 4.41. The molecule has 0 rings (SSSR count). The molecular weight excluding hydrogens is 200 g/mol. The molecule has 0 aromatic carbocycles. The summed E-state index contributed by atoms with van der Waals surface area (Å²) in [5.74, 6) is -1.63. The van der Waals surface area contributed by atoms with E-state index in [0.29, 0.717) is 6.42 Å². The number of carbonyl (C=O) groups excluding carboxylic acids is 1. The molecular formula is C9H18N2O4. The Bertz CT molecular complexity index is 240. The maximum atomic E-state index is 11.5. The third-order valence-electron chi connectivity index (χ3n) is 2.19. The topological polar surface area (TPSA) is 102 Å². The summed E-state index contributed by atoms with van der Waals surface area (Å²) in [5.41, 5.74) is 4.60. The average molecular weight is 218 g/mol. The average Bonchev–Trinajstić information content (AvgIpc) is 2.16. The minimum Gasteiger partial charge on any atom is -0.480 e. The Morgan fingerprint density at radius 2 is 2.13 bits per heavy atom. The van der Waals surface area contributed by atoms with Crippen molar-refractivity contribution in [1.82, 2.24) is 5.32 Å². The summed E-state index contributed by atoms with van der Waals surface area (Å²) in [6, 6.07) is -1.06. The molecule has 1 amide bonds. The zero-order chi connectivity index (χ0) is 12.1. The standard InChI is InChI=1S/C9H18N2O4/c1-4-9(2,10)8(14)11-6(5-15-3)7(12)13/h6H,4-5,10H2,1-3H3,(H,11,14)(H,12,13). The summed E-state index contributed by atoms with van der Waals surface area (Å²) in [6.45, 7) is 3.22. The van der Waals surface area contributed by atoms with Crippen molar-refractivity contribution in [3.05, 3.63) is 0 Å². The lowest BCUT2D eigenvalue weighted by Crippen LogP contribution is -2.56. The number of carboxylic acids is 1. The molecule has 0 spiro atoms. The van der Waals surface area contributed by atoms with Gasteiger partial charge in [0.1, 0.15) is 0 Å². The number of methoxy groups -OCH3 is 1. The van der Waals surface area contributed by atoms with Crippen molar-refractivity contribution >= 4 is 11.9 Å². The molecule has 0 aromatic heterocycles. The van der Waals surface area contributed by atoms with Gasteiger partial charge in [0.15, 0.2) is 6.04 Å². The smallest absolute Gasteiger partial charge is 0.328 e. The highest BCUT2D eigenvalue weighted by Crippen LogP contribution is 2.04. The highest BCUT2D eigenvalue weighted by molar-refractivity contribution is 5.89. The first kappa shape index (κ1) is 13.9. The molecule has 2 unspecified atom stereocenters. The first-order valence-electron chi connectivity index (χ1n) is 4.66. The van der Waals surface area contributed by atoms with Crippen LogP contribution in [0.3, 0.4) is 0 Å². The molecule has 0 saturated heterocycles. The highest BCUT2D eigenvalue weighted by Gasteiger charge is 2.30. The Labute approximate surface area is 88.8 Å². The second-order valence-corrected chi connectivity index (χ2v) is 3.59. The Kier molecular flexibility index (Phi) is 5.24. The van der Waals surface area contributed by atoms with Crippen LogP contribution in [0, 0.1) is 0 Å². The fourth-order valence-corrected chi connectivity index (χ4v) is 0.825. The van der Waals surface area contributed by atoms with Gasteiger partial charge in [0.05, 0.1) is 12.1 Å². The molecule has 0 aliphatic rings. The molecule has 0 heterocycles. The van der Waals surface area contributed by atoms with E-state index in [1.165, 1.54) is 7.11 Å². The number of carboxylic acid groups (broad SMARTS) is 1. The van der Waals surface area contributed by atoms with Crippen LogP contribution in [0.4, 0.5) is 0 Å². The molecule has 2 atom stereocenters. The van der Waals surface area contributed by atoms with Crippen LogP contribution >= 0.6 is 0 Å². The Morgan fingerprint density at radius 1 is 1.60 bits per heavy atom. The number of hydrogen-bond acceptors (Lipinski definition) is 4. The predicted octanol–water partition coefficient (Wildman–Crippen LogP) is -0.670. The molecule has 0 aliphatic heterocycles. The van der Waals surface area contributed by atoms with Gasteiger partial charge in [0, 0.05) is 7.11 Å². The molecule has 6 nitrogen and oxygen atoms in total. The second kappa shape index (κ2) is 5.67. The van der Waals surface area contributed by atoms with E-state index in [1.807, 2.05) is 0 Å². The van der Waals surface area contributed by atoms with E-state index in [0.717, 1.165) is 0 Å². The number of hydrogen-bond donors (Lipinski definition) is 3. The molecule has 0 bridgehead atoms. The van der Waals surface area contributed by atoms with Crippen LogP contribution in [0.25, 0.3) is 0 Å². The van der Waals surface area contributed by atoms with Crippen molar-refractivity contribution in [3.63, 3.8) is 0 Å². The van der Waals surface area contributed by atoms with Crippen molar-refractivity contribution in [1.29, 1.82) is 0 Å². The lowest BCUT2D eigenvalue weighted by Gasteiger charge is -2.24. The molecule has 0 fully saturated rings. The van der Waals surface area contributed by atoms with E-state index in [9.17, 15) is 9.59 Å². The minimum atomic E-state index is -1.14. The largest absolute Gasteiger partial charge is 0.480 e. The van der Waals surface area contributed by atoms with Crippen LogP contribution in [-0.4, -0.2) is 42.3 Å². The van der Waals surface area contributed by atoms with Crippen molar-refractivity contribution in [3.8, 4) is 0 Å². The van der Waals surface area contributed by atoms with Gasteiger partial charge in [-0.15, -0.1) is 0 Å². The first-order valence-corrected chi connectivity index (χ1v) is 4.66. The maximum Gasteiger partial charge on any atom is 0.328 e. The third-order valence-corrected chi connectivity index (χ3v) is 2.19. The van der Waals surface area contributed by atoms with E-state index in [4.69, 9.17) is 10.8 Å². The van der Waals surface area contributed by atoms with E-state index in [-0.39, 0.29) is 6.61 Å². The summed E-state index contributed by atoms with van der Waals surface area (Å²) >= 11 is 0. The Hall–Kier alpha value is -1.14. The predicted molar refractivity (Wildman–Crippen MR) is 54.3 cm³/mol. The zero-order valence-corrected chi connectivity index (χ0v) is 9.24. The van der Waals surface area contributed by atoms with Crippen LogP contribution in [0.2, 0.25) is 0 Å². The quantitative estimate of drug-likeness (QED) is 0.548. The molecule has 6 heteroatoms. The monoisotopic (exact) mass is 218 g/mol. The van der Waals surface area contributed by atoms with Crippen LogP contribution in [0.1, 0.15) is 20.3 Å². The molecule has 4 N–H and O–H groups in total. The van der Waals surface area contributed by atoms with Gasteiger partial charge in [-0.1, -0.05) is 6.92 Å². The van der Waals surface area contributed by atoms with Gasteiger partial charge in [-0.3, -0.25) is 4.79 Å². The molecule has 15 heavy (non-hydrogen) atoms. The number of ether oxygens (including phenoxy) is 1. The molecule has 0 aromatic rings. The summed E-state index contributed by atoms with van der Waals surface area (Å²) < 4.78 is 4.68. The minimum absolute atomic E-state index is 0.0825. The highest BCUT2D eigenvalue weighted by atomic mass is 16.5. The number of aliphatic carboxylic acids is 1. The molecule has 0 saturated carbocycles. The van der Waals surface area contributed by atoms with Crippen LogP contribution in [-0.2, 0) is 14.3 Å². The number of carbonyl (C=O) groups is 2. The molecule has 0 aliphatic carbocycles. The van der Waals surface area contributed by atoms with Crippen LogP contribution in [0.5, 0.6) is 0 Å². The summed E-state index contributed by atoms with van der Waals surface area (Å²) in [6.07, 6.45) is 0.429. The van der Waals surface area contributed by atoms with Crippen molar-refractivity contribution in [2.45, 2.75) is 31.8 Å². The number of nitrogens with two attached hydrogens (primary N) is 1. The molecule has 88 valence electrons. The second-order valence-electron chi connectivity index (χ2n) is 3.59. The summed E-state index contributed by atoms with van der Waals surface area (Å²) in [4.78, 5) is 22.2. The fraction of sp³-hybridized carbons (Fsp3) is 0.778. The fourth-order valence-electron chi connectivity index (χ4n) is 0.825. The summed E-state index contributed by atoms with van der Waals surface area (Å²) in [5, 5.41) is 11.1. The third kappa shape index (κ3) is 4.26. The van der Waals surface area contributed by atoms with Crippen molar-refractivity contribution < 1.29 is 19.4 Å². The van der Waals surface area contributed by atoms with E-state index < -0.39 is 23.5 Å². The van der Waals surface area contributed by atoms with Gasteiger partial charge in [-0.2, -0.15) is 0 Å². The van der Waals surface area contributed by atoms with E-state index in [1.54, 1.807) is 13.8 Å². The van der Waals surface area contributed by atoms with Gasteiger partial charge in [0.2, 0.25) is 5.91 Å². The Morgan fingerprint density at radius 3 is 2.47 bits per heavy atom. The summed E-state index contributed by atoms with van der Waals surface area (Å²) in [7, 11) is 1.36. The van der Waals surface area contributed by atoms with Gasteiger partial charge in [0.25, 0.3) is 0 Å². The van der Waals surface area contributed by atoms with Crippen molar-refractivity contribution in [2.24, 2.45) is 5.73 Å². The normalized spacial score (nSPS) is 16.5. The van der Waals surface area contributed by atoms with Gasteiger partial charge in [-0.05, 0) is 13.3 Å². The van der Waals surface area contributed by atoms with E-state index in [2.05, 4.69) is 10.1 Å². The SMILES string of the molecule is CCC(C)(N)C(=O)NC(COC)C(=O)O. The zero-order valence-electron chi connectivity index (χ0n) is 9.24. The lowest BCUT2D eigenvalue weighted by atomic mass is 9.99. The number of amides is 1. The van der Waals surface area contributed by atoms with Crippen LogP contribution < -0.4 is 11.1 Å². The van der Waals surface area contributed by atoms with Gasteiger partial charge < -0.3 is 20.9 Å². The number of rotatable bonds is 6. The maximum absolute atomic E-state index is 11.5. The number of nitrogens with one attached hydrogen (secondary N) is 1. The van der Waals surface area contributed by atoms with Gasteiger partial charge in [-0.25, -0.2) is 4.79 Å².